The summed E-state index contributed by atoms with van der Waals surface area (Å²) in [5, 5.41) is 3.53. The van der Waals surface area contributed by atoms with E-state index >= 15 is 0 Å². The van der Waals surface area contributed by atoms with Gasteiger partial charge in [-0.3, -0.25) is 0 Å². The van der Waals surface area contributed by atoms with Gasteiger partial charge in [0.05, 0.1) is 0 Å². The van der Waals surface area contributed by atoms with Gasteiger partial charge in [0, 0.05) is 31.9 Å². The Bertz CT molecular complexity index is 534. The number of pyridine rings is 1. The average molecular weight is 299 g/mol. The van der Waals surface area contributed by atoms with Gasteiger partial charge in [0.2, 0.25) is 0 Å². The zero-order valence-electron chi connectivity index (χ0n) is 13.9. The molecule has 0 aromatic carbocycles. The molecular weight excluding hydrogens is 270 g/mol. The quantitative estimate of drug-likeness (QED) is 0.929. The van der Waals surface area contributed by atoms with Gasteiger partial charge in [-0.2, -0.15) is 0 Å². The number of hydrogen-bond acceptors (Lipinski definition) is 3. The van der Waals surface area contributed by atoms with Crippen LogP contribution in [0.25, 0.3) is 0 Å². The van der Waals surface area contributed by atoms with Crippen LogP contribution >= 0.6 is 0 Å². The Hall–Kier alpha value is -1.09. The van der Waals surface area contributed by atoms with Crippen molar-refractivity contribution in [3.05, 3.63) is 22.9 Å². The third-order valence-electron chi connectivity index (χ3n) is 6.05. The molecule has 2 fully saturated rings. The Balaban J connectivity index is 1.65. The van der Waals surface area contributed by atoms with Crippen LogP contribution < -0.4 is 10.2 Å². The monoisotopic (exact) mass is 299 g/mol. The number of aromatic nitrogens is 1. The highest BCUT2D eigenvalue weighted by Gasteiger charge is 2.31. The van der Waals surface area contributed by atoms with E-state index in [2.05, 4.69) is 23.3 Å². The topological polar surface area (TPSA) is 28.2 Å². The third-order valence-corrected chi connectivity index (χ3v) is 6.05. The van der Waals surface area contributed by atoms with Gasteiger partial charge in [-0.1, -0.05) is 32.6 Å². The number of piperazine rings is 1. The van der Waals surface area contributed by atoms with Crippen molar-refractivity contribution in [2.75, 3.05) is 24.5 Å². The molecule has 120 valence electrons. The second-order valence-corrected chi connectivity index (χ2v) is 7.36. The first-order valence-corrected chi connectivity index (χ1v) is 9.33. The van der Waals surface area contributed by atoms with Crippen molar-refractivity contribution < 1.29 is 0 Å². The van der Waals surface area contributed by atoms with Crippen LogP contribution in [0.15, 0.2) is 6.20 Å². The first-order valence-electron chi connectivity index (χ1n) is 9.33. The summed E-state index contributed by atoms with van der Waals surface area (Å²) in [6.07, 6.45) is 12.9. The predicted octanol–water partition coefficient (Wildman–Crippen LogP) is 3.10. The number of hydrogen-bond donors (Lipinski definition) is 1. The van der Waals surface area contributed by atoms with Gasteiger partial charge in [-0.25, -0.2) is 4.98 Å². The summed E-state index contributed by atoms with van der Waals surface area (Å²) >= 11 is 0. The Kier molecular flexibility index (Phi) is 4.08. The number of nitrogens with one attached hydrogen (secondary N) is 1. The summed E-state index contributed by atoms with van der Waals surface area (Å²) in [6.45, 7) is 5.68. The van der Waals surface area contributed by atoms with Gasteiger partial charge in [0.25, 0.3) is 0 Å². The maximum absolute atomic E-state index is 4.95. The van der Waals surface area contributed by atoms with E-state index < -0.39 is 0 Å². The Morgan fingerprint density at radius 1 is 1.27 bits per heavy atom. The van der Waals surface area contributed by atoms with E-state index in [0.717, 1.165) is 25.6 Å². The molecule has 1 aromatic rings. The van der Waals surface area contributed by atoms with Crippen molar-refractivity contribution in [2.45, 2.75) is 64.3 Å². The van der Waals surface area contributed by atoms with Crippen molar-refractivity contribution in [1.82, 2.24) is 10.3 Å². The normalized spacial score (nSPS) is 25.1. The molecule has 1 aromatic heterocycles. The number of nitrogens with zero attached hydrogens (tertiary/aromatic N) is 2. The zero-order chi connectivity index (χ0) is 14.9. The molecule has 3 heteroatoms. The molecule has 0 amide bonds. The van der Waals surface area contributed by atoms with Crippen molar-refractivity contribution in [1.29, 1.82) is 0 Å². The highest BCUT2D eigenvalue weighted by atomic mass is 15.3. The van der Waals surface area contributed by atoms with E-state index in [1.807, 2.05) is 0 Å². The van der Waals surface area contributed by atoms with Gasteiger partial charge in [-0.05, 0) is 48.3 Å². The minimum atomic E-state index is 0.666. The number of anilines is 1. The summed E-state index contributed by atoms with van der Waals surface area (Å²) in [7, 11) is 0. The maximum atomic E-state index is 4.95. The number of fused-ring (bicyclic) bond motifs is 3. The second kappa shape index (κ2) is 6.19. The summed E-state index contributed by atoms with van der Waals surface area (Å²) < 4.78 is 0. The van der Waals surface area contributed by atoms with Crippen molar-refractivity contribution in [3.8, 4) is 0 Å². The van der Waals surface area contributed by atoms with Gasteiger partial charge in [-0.15, -0.1) is 0 Å². The van der Waals surface area contributed by atoms with Crippen molar-refractivity contribution in [3.63, 3.8) is 0 Å². The first kappa shape index (κ1) is 14.5. The fraction of sp³-hybridized carbons (Fsp3) is 0.737. The number of rotatable bonds is 3. The van der Waals surface area contributed by atoms with Gasteiger partial charge >= 0.3 is 0 Å². The second-order valence-electron chi connectivity index (χ2n) is 7.36. The van der Waals surface area contributed by atoms with Crippen molar-refractivity contribution >= 4 is 5.82 Å². The lowest BCUT2D eigenvalue weighted by Gasteiger charge is -2.42. The third kappa shape index (κ3) is 2.54. The lowest BCUT2D eigenvalue weighted by Crippen LogP contribution is -2.53. The average Bonchev–Trinajstić information content (AvgIpc) is 3.07. The van der Waals surface area contributed by atoms with Crippen LogP contribution in [0, 0.1) is 5.92 Å². The molecule has 3 aliphatic rings. The van der Waals surface area contributed by atoms with Gasteiger partial charge in [0.1, 0.15) is 5.82 Å². The molecule has 3 heterocycles. The molecule has 1 aliphatic carbocycles. The zero-order valence-corrected chi connectivity index (χ0v) is 13.9. The highest BCUT2D eigenvalue weighted by molar-refractivity contribution is 5.56. The molecule has 2 aliphatic heterocycles. The van der Waals surface area contributed by atoms with Gasteiger partial charge in [0.15, 0.2) is 0 Å². The van der Waals surface area contributed by atoms with E-state index in [1.54, 1.807) is 16.7 Å². The van der Waals surface area contributed by atoms with Crippen LogP contribution in [0.4, 0.5) is 5.82 Å². The molecule has 0 unspecified atom stereocenters. The summed E-state index contributed by atoms with van der Waals surface area (Å²) in [5.41, 5.74) is 4.77. The van der Waals surface area contributed by atoms with Crippen LogP contribution in [-0.4, -0.2) is 30.7 Å². The highest BCUT2D eigenvalue weighted by Crippen LogP contribution is 2.36. The lowest BCUT2D eigenvalue weighted by molar-refractivity contribution is 0.434. The van der Waals surface area contributed by atoms with Crippen LogP contribution in [0.2, 0.25) is 0 Å². The molecular formula is C19H29N3. The van der Waals surface area contributed by atoms with Crippen molar-refractivity contribution in [2.24, 2.45) is 5.92 Å². The minimum Gasteiger partial charge on any atom is -0.351 e. The largest absolute Gasteiger partial charge is 0.351 e. The molecule has 1 saturated carbocycles. The van der Waals surface area contributed by atoms with Crippen LogP contribution in [0.3, 0.4) is 0 Å². The molecule has 1 atom stereocenters. The molecule has 3 nitrogen and oxygen atoms in total. The van der Waals surface area contributed by atoms with E-state index in [0.29, 0.717) is 6.04 Å². The van der Waals surface area contributed by atoms with E-state index in [4.69, 9.17) is 4.98 Å². The maximum Gasteiger partial charge on any atom is 0.132 e. The summed E-state index contributed by atoms with van der Waals surface area (Å²) in [4.78, 5) is 7.53. The molecule has 0 bridgehead atoms. The van der Waals surface area contributed by atoms with Crippen LogP contribution in [-0.2, 0) is 19.3 Å². The van der Waals surface area contributed by atoms with Crippen LogP contribution in [0.1, 0.15) is 55.7 Å². The first-order chi connectivity index (χ1) is 10.9. The minimum absolute atomic E-state index is 0.666. The van der Waals surface area contributed by atoms with E-state index in [9.17, 15) is 0 Å². The Morgan fingerprint density at radius 2 is 2.14 bits per heavy atom. The fourth-order valence-corrected chi connectivity index (χ4v) is 4.88. The molecule has 0 radical (unpaired) electrons. The van der Waals surface area contributed by atoms with E-state index in [1.165, 1.54) is 57.2 Å². The van der Waals surface area contributed by atoms with Crippen LogP contribution in [0.5, 0.6) is 0 Å². The fourth-order valence-electron chi connectivity index (χ4n) is 4.88. The molecule has 1 N–H and O–H groups in total. The summed E-state index contributed by atoms with van der Waals surface area (Å²) in [6, 6.07) is 0.666. The molecule has 4 rings (SSSR count). The van der Waals surface area contributed by atoms with Gasteiger partial charge < -0.3 is 10.2 Å². The Labute approximate surface area is 134 Å². The van der Waals surface area contributed by atoms with E-state index in [-0.39, 0.29) is 0 Å². The molecule has 22 heavy (non-hydrogen) atoms. The standard InChI is InChI=1S/C19H29N3/c1-2-17-15(11-14-5-3-4-6-14)12-21-19-18(17)8-7-16-13-20-9-10-22(16)19/h12,14,16,20H,2-11,13H2,1H3/t16-/m1/s1. The summed E-state index contributed by atoms with van der Waals surface area (Å²) in [5.74, 6) is 2.23. The molecule has 0 spiro atoms. The predicted molar refractivity (Wildman–Crippen MR) is 91.6 cm³/mol. The lowest BCUT2D eigenvalue weighted by atomic mass is 9.87. The SMILES string of the molecule is CCc1c(CC2CCCC2)cnc2c1CC[C@@H]1CNCCN21. The smallest absolute Gasteiger partial charge is 0.132 e. The molecule has 1 saturated heterocycles. The Morgan fingerprint density at radius 3 is 2.95 bits per heavy atom.